The molecule has 7 nitrogen and oxygen atoms in total. The van der Waals surface area contributed by atoms with Crippen LogP contribution in [0.1, 0.15) is 28.3 Å². The van der Waals surface area contributed by atoms with Crippen LogP contribution in [0.4, 0.5) is 5.69 Å². The Morgan fingerprint density at radius 1 is 1.00 bits per heavy atom. The number of benzene rings is 3. The molecule has 3 aromatic rings. The lowest BCUT2D eigenvalue weighted by Crippen LogP contribution is -2.59. The number of hydrogen-bond donors (Lipinski definition) is 2. The molecule has 2 fully saturated rings. The first kappa shape index (κ1) is 26.3. The minimum Gasteiger partial charge on any atom is -0.360 e. The number of anilines is 1. The predicted molar refractivity (Wildman–Crippen MR) is 152 cm³/mol. The summed E-state index contributed by atoms with van der Waals surface area (Å²) in [7, 11) is 0. The molecule has 3 aromatic carbocycles. The smallest absolute Gasteiger partial charge is 0.247 e. The zero-order chi connectivity index (χ0) is 28.0. The Hall–Kier alpha value is -3.94. The molecule has 3 aliphatic rings. The number of rotatable bonds is 5. The Bertz CT molecular complexity index is 1490. The van der Waals surface area contributed by atoms with Crippen molar-refractivity contribution in [2.45, 2.75) is 38.1 Å². The van der Waals surface area contributed by atoms with Crippen molar-refractivity contribution in [1.82, 2.24) is 10.2 Å². The standard InChI is InChI=1S/C32H30ClN3O4/c1-19-3-9-22(10-4-19)28-30(38)34-18-32-16-15-25(40-32)26(29(37)35-24-13-5-20(2)6-14-24)27(32)31(39)36(28)17-21-7-11-23(33)12-8-21/h3-16,25-28H,17-18H2,1-2H3,(H,34,38)(H,35,37)/t25-,26-,27-,28-,32+/m1/s1. The second-order valence-electron chi connectivity index (χ2n) is 10.9. The normalized spacial score (nSPS) is 27.1. The lowest BCUT2D eigenvalue weighted by Gasteiger charge is -2.42. The van der Waals surface area contributed by atoms with E-state index in [1.54, 1.807) is 17.0 Å². The largest absolute Gasteiger partial charge is 0.360 e. The van der Waals surface area contributed by atoms with Crippen LogP contribution in [0.3, 0.4) is 0 Å². The maximum absolute atomic E-state index is 14.7. The molecule has 0 aromatic heterocycles. The van der Waals surface area contributed by atoms with Gasteiger partial charge in [0.15, 0.2) is 0 Å². The van der Waals surface area contributed by atoms with E-state index in [0.717, 1.165) is 16.7 Å². The minimum absolute atomic E-state index is 0.0979. The Morgan fingerprint density at radius 2 is 1.65 bits per heavy atom. The summed E-state index contributed by atoms with van der Waals surface area (Å²) in [5, 5.41) is 6.60. The first-order valence-electron chi connectivity index (χ1n) is 13.4. The van der Waals surface area contributed by atoms with Crippen molar-refractivity contribution < 1.29 is 19.1 Å². The third kappa shape index (κ3) is 4.69. The Labute approximate surface area is 238 Å². The Balaban J connectivity index is 1.41. The van der Waals surface area contributed by atoms with Crippen LogP contribution in [-0.4, -0.2) is 40.9 Å². The maximum atomic E-state index is 14.7. The molecule has 40 heavy (non-hydrogen) atoms. The molecule has 0 radical (unpaired) electrons. The molecule has 6 rings (SSSR count). The van der Waals surface area contributed by atoms with Crippen LogP contribution in [0.2, 0.25) is 5.02 Å². The van der Waals surface area contributed by atoms with Gasteiger partial charge in [-0.3, -0.25) is 14.4 Å². The predicted octanol–water partition coefficient (Wildman–Crippen LogP) is 4.74. The van der Waals surface area contributed by atoms with E-state index in [1.807, 2.05) is 86.7 Å². The van der Waals surface area contributed by atoms with E-state index in [4.69, 9.17) is 16.3 Å². The molecule has 0 aliphatic carbocycles. The average Bonchev–Trinajstić information content (AvgIpc) is 3.51. The van der Waals surface area contributed by atoms with Gasteiger partial charge in [-0.25, -0.2) is 0 Å². The highest BCUT2D eigenvalue weighted by Crippen LogP contribution is 2.49. The van der Waals surface area contributed by atoms with Crippen LogP contribution in [0.5, 0.6) is 0 Å². The van der Waals surface area contributed by atoms with Crippen molar-refractivity contribution in [3.8, 4) is 0 Å². The third-order valence-corrected chi connectivity index (χ3v) is 8.34. The highest BCUT2D eigenvalue weighted by Gasteiger charge is 2.64. The van der Waals surface area contributed by atoms with Crippen LogP contribution in [0.25, 0.3) is 0 Å². The quantitative estimate of drug-likeness (QED) is 0.445. The molecule has 2 bridgehead atoms. The van der Waals surface area contributed by atoms with E-state index in [0.29, 0.717) is 16.3 Å². The molecule has 3 amide bonds. The van der Waals surface area contributed by atoms with Gasteiger partial charge in [-0.2, -0.15) is 0 Å². The maximum Gasteiger partial charge on any atom is 0.247 e. The van der Waals surface area contributed by atoms with E-state index in [2.05, 4.69) is 10.6 Å². The third-order valence-electron chi connectivity index (χ3n) is 8.09. The summed E-state index contributed by atoms with van der Waals surface area (Å²) < 4.78 is 6.33. The van der Waals surface area contributed by atoms with Gasteiger partial charge in [0.25, 0.3) is 0 Å². The molecule has 8 heteroatoms. The van der Waals surface area contributed by atoms with Crippen molar-refractivity contribution in [2.75, 3.05) is 11.9 Å². The molecule has 2 N–H and O–H groups in total. The average molecular weight is 556 g/mol. The number of aryl methyl sites for hydroxylation is 2. The zero-order valence-electron chi connectivity index (χ0n) is 22.3. The molecule has 2 saturated heterocycles. The van der Waals surface area contributed by atoms with Gasteiger partial charge >= 0.3 is 0 Å². The van der Waals surface area contributed by atoms with Gasteiger partial charge in [-0.1, -0.05) is 83.4 Å². The summed E-state index contributed by atoms with van der Waals surface area (Å²) in [5.74, 6) is -2.48. The van der Waals surface area contributed by atoms with E-state index in [1.165, 1.54) is 0 Å². The zero-order valence-corrected chi connectivity index (χ0v) is 23.0. The van der Waals surface area contributed by atoms with Crippen LogP contribution < -0.4 is 10.6 Å². The van der Waals surface area contributed by atoms with Crippen molar-refractivity contribution in [1.29, 1.82) is 0 Å². The summed E-state index contributed by atoms with van der Waals surface area (Å²) in [6, 6.07) is 21.4. The van der Waals surface area contributed by atoms with E-state index in [9.17, 15) is 14.4 Å². The van der Waals surface area contributed by atoms with Crippen LogP contribution in [-0.2, 0) is 25.7 Å². The molecule has 0 saturated carbocycles. The van der Waals surface area contributed by atoms with Crippen molar-refractivity contribution in [3.63, 3.8) is 0 Å². The molecule has 3 aliphatic heterocycles. The minimum atomic E-state index is -1.11. The van der Waals surface area contributed by atoms with Gasteiger partial charge in [0.1, 0.15) is 11.6 Å². The number of hydrogen-bond acceptors (Lipinski definition) is 4. The fraction of sp³-hybridized carbons (Fsp3) is 0.281. The van der Waals surface area contributed by atoms with E-state index >= 15 is 0 Å². The SMILES string of the molecule is Cc1ccc(NC(=O)[C@@H]2[C@H]3C=C[C@@]4(CNC(=O)[C@@H](c5ccc(C)cc5)N(Cc5ccc(Cl)cc5)C(=O)[C@@H]24)O3)cc1. The summed E-state index contributed by atoms with van der Waals surface area (Å²) >= 11 is 6.12. The number of amides is 3. The lowest BCUT2D eigenvalue weighted by molar-refractivity contribution is -0.153. The molecule has 3 heterocycles. The van der Waals surface area contributed by atoms with Crippen molar-refractivity contribution >= 4 is 35.0 Å². The van der Waals surface area contributed by atoms with Gasteiger partial charge in [-0.05, 0) is 49.2 Å². The van der Waals surface area contributed by atoms with Crippen molar-refractivity contribution in [2.24, 2.45) is 11.8 Å². The van der Waals surface area contributed by atoms with Gasteiger partial charge in [0, 0.05) is 17.3 Å². The van der Waals surface area contributed by atoms with Crippen molar-refractivity contribution in [3.05, 3.63) is 112 Å². The fourth-order valence-corrected chi connectivity index (χ4v) is 6.12. The number of ether oxygens (including phenoxy) is 1. The first-order chi connectivity index (χ1) is 19.2. The molecule has 204 valence electrons. The van der Waals surface area contributed by atoms with Gasteiger partial charge < -0.3 is 20.3 Å². The summed E-state index contributed by atoms with van der Waals surface area (Å²) in [6.45, 7) is 4.21. The topological polar surface area (TPSA) is 87.7 Å². The van der Waals surface area contributed by atoms with E-state index < -0.39 is 29.6 Å². The number of halogens is 1. The number of nitrogens with one attached hydrogen (secondary N) is 2. The van der Waals surface area contributed by atoms with Gasteiger partial charge in [0.05, 0.1) is 24.5 Å². The molecule has 0 unspecified atom stereocenters. The second kappa shape index (κ2) is 10.2. The monoisotopic (exact) mass is 555 g/mol. The second-order valence-corrected chi connectivity index (χ2v) is 11.3. The Kier molecular flexibility index (Phi) is 6.72. The highest BCUT2D eigenvalue weighted by molar-refractivity contribution is 6.30. The molecule has 5 atom stereocenters. The van der Waals surface area contributed by atoms with E-state index in [-0.39, 0.29) is 30.8 Å². The van der Waals surface area contributed by atoms with Crippen LogP contribution >= 0.6 is 11.6 Å². The lowest BCUT2D eigenvalue weighted by atomic mass is 9.73. The Morgan fingerprint density at radius 3 is 2.33 bits per heavy atom. The number of fused-ring (bicyclic) bond motifs is 1. The van der Waals surface area contributed by atoms with Crippen LogP contribution in [0.15, 0.2) is 84.9 Å². The van der Waals surface area contributed by atoms with Crippen LogP contribution in [0, 0.1) is 25.7 Å². The number of carbonyl (C=O) groups is 3. The fourth-order valence-electron chi connectivity index (χ4n) is 5.99. The molecular weight excluding hydrogens is 526 g/mol. The highest BCUT2D eigenvalue weighted by atomic mass is 35.5. The number of carbonyl (C=O) groups excluding carboxylic acids is 3. The molecular formula is C32H30ClN3O4. The van der Waals surface area contributed by atoms with Gasteiger partial charge in [0.2, 0.25) is 17.7 Å². The summed E-state index contributed by atoms with van der Waals surface area (Å²) in [6.07, 6.45) is 3.09. The first-order valence-corrected chi connectivity index (χ1v) is 13.8. The number of nitrogens with zero attached hydrogens (tertiary/aromatic N) is 1. The summed E-state index contributed by atoms with van der Waals surface area (Å²) in [4.78, 5) is 43.7. The summed E-state index contributed by atoms with van der Waals surface area (Å²) in [5.41, 5.74) is 3.18. The van der Waals surface area contributed by atoms with Gasteiger partial charge in [-0.15, -0.1) is 0 Å². The molecule has 1 spiro atoms.